The highest BCUT2D eigenvalue weighted by Crippen LogP contribution is 2.13. The Morgan fingerprint density at radius 1 is 1.41 bits per heavy atom. The van der Waals surface area contributed by atoms with E-state index in [1.54, 1.807) is 0 Å². The Morgan fingerprint density at radius 2 is 2.12 bits per heavy atom. The van der Waals surface area contributed by atoms with Gasteiger partial charge in [-0.05, 0) is 12.0 Å². The average Bonchev–Trinajstić information content (AvgIpc) is 2.37. The van der Waals surface area contributed by atoms with Gasteiger partial charge in [-0.1, -0.05) is 37.3 Å². The molecule has 94 valence electrons. The molecule has 0 aromatic heterocycles. The molecule has 4 heteroatoms. The van der Waals surface area contributed by atoms with E-state index in [4.69, 9.17) is 16.3 Å². The smallest absolute Gasteiger partial charge is 0.246 e. The van der Waals surface area contributed by atoms with Crippen LogP contribution in [0, 0.1) is 0 Å². The molecule has 1 N–H and O–H groups in total. The lowest BCUT2D eigenvalue weighted by molar-refractivity contribution is -0.126. The third-order valence-corrected chi connectivity index (χ3v) is 2.58. The van der Waals surface area contributed by atoms with Crippen LogP contribution in [-0.4, -0.2) is 25.0 Å². The molecule has 1 rings (SSSR count). The molecule has 1 aromatic carbocycles. The zero-order valence-corrected chi connectivity index (χ0v) is 10.7. The molecule has 0 saturated heterocycles. The van der Waals surface area contributed by atoms with Crippen molar-refractivity contribution in [1.29, 1.82) is 0 Å². The first-order valence-corrected chi connectivity index (χ1v) is 6.29. The van der Waals surface area contributed by atoms with E-state index >= 15 is 0 Å². The van der Waals surface area contributed by atoms with Crippen LogP contribution in [0.4, 0.5) is 0 Å². The number of ether oxygens (including phenoxy) is 1. The van der Waals surface area contributed by atoms with Gasteiger partial charge in [0.2, 0.25) is 5.91 Å². The topological polar surface area (TPSA) is 38.3 Å². The standard InChI is InChI=1S/C13H18ClNO2/c1-2-8-17-10-13(16)15-12(9-14)11-6-4-3-5-7-11/h3-7,12H,2,8-10H2,1H3,(H,15,16). The molecule has 1 aromatic rings. The summed E-state index contributed by atoms with van der Waals surface area (Å²) in [7, 11) is 0. The number of halogens is 1. The normalized spacial score (nSPS) is 12.1. The van der Waals surface area contributed by atoms with Gasteiger partial charge in [-0.25, -0.2) is 0 Å². The zero-order chi connectivity index (χ0) is 12.5. The van der Waals surface area contributed by atoms with Crippen molar-refractivity contribution in [2.75, 3.05) is 19.1 Å². The number of nitrogens with one attached hydrogen (secondary N) is 1. The fourth-order valence-electron chi connectivity index (χ4n) is 1.44. The van der Waals surface area contributed by atoms with Crippen LogP contribution >= 0.6 is 11.6 Å². The Kier molecular flexibility index (Phi) is 6.67. The minimum Gasteiger partial charge on any atom is -0.372 e. The summed E-state index contributed by atoms with van der Waals surface area (Å²) in [6.07, 6.45) is 0.908. The number of carbonyl (C=O) groups excluding carboxylic acids is 1. The highest BCUT2D eigenvalue weighted by molar-refractivity contribution is 6.18. The second kappa shape index (κ2) is 8.09. The van der Waals surface area contributed by atoms with E-state index in [0.29, 0.717) is 12.5 Å². The fourth-order valence-corrected chi connectivity index (χ4v) is 1.70. The van der Waals surface area contributed by atoms with Gasteiger partial charge in [0.15, 0.2) is 0 Å². The molecule has 0 radical (unpaired) electrons. The molecule has 0 saturated carbocycles. The number of carbonyl (C=O) groups is 1. The van der Waals surface area contributed by atoms with Crippen molar-refractivity contribution >= 4 is 17.5 Å². The first-order chi connectivity index (χ1) is 8.27. The van der Waals surface area contributed by atoms with Crippen molar-refractivity contribution in [1.82, 2.24) is 5.32 Å². The number of hydrogen-bond acceptors (Lipinski definition) is 2. The number of alkyl halides is 1. The van der Waals surface area contributed by atoms with E-state index in [1.807, 2.05) is 37.3 Å². The predicted molar refractivity (Wildman–Crippen MR) is 69.2 cm³/mol. The second-order valence-corrected chi connectivity index (χ2v) is 4.05. The molecule has 3 nitrogen and oxygen atoms in total. The van der Waals surface area contributed by atoms with E-state index in [9.17, 15) is 4.79 Å². The molecular formula is C13H18ClNO2. The van der Waals surface area contributed by atoms with Crippen LogP contribution in [0.5, 0.6) is 0 Å². The first-order valence-electron chi connectivity index (χ1n) is 5.76. The maximum absolute atomic E-state index is 11.6. The van der Waals surface area contributed by atoms with Crippen LogP contribution < -0.4 is 5.32 Å². The molecule has 0 aliphatic carbocycles. The maximum atomic E-state index is 11.6. The fraction of sp³-hybridized carbons (Fsp3) is 0.462. The van der Waals surface area contributed by atoms with Crippen molar-refractivity contribution in [3.63, 3.8) is 0 Å². The largest absolute Gasteiger partial charge is 0.372 e. The monoisotopic (exact) mass is 255 g/mol. The van der Waals surface area contributed by atoms with Gasteiger partial charge in [-0.2, -0.15) is 0 Å². The van der Waals surface area contributed by atoms with Crippen molar-refractivity contribution in [2.24, 2.45) is 0 Å². The predicted octanol–water partition coefficient (Wildman–Crippen LogP) is 2.51. The van der Waals surface area contributed by atoms with Gasteiger partial charge in [0, 0.05) is 12.5 Å². The number of rotatable bonds is 7. The van der Waals surface area contributed by atoms with Crippen LogP contribution in [0.3, 0.4) is 0 Å². The van der Waals surface area contributed by atoms with Gasteiger partial charge in [-0.15, -0.1) is 11.6 Å². The third-order valence-electron chi connectivity index (χ3n) is 2.27. The van der Waals surface area contributed by atoms with Gasteiger partial charge in [0.25, 0.3) is 0 Å². The lowest BCUT2D eigenvalue weighted by Gasteiger charge is -2.16. The van der Waals surface area contributed by atoms with Gasteiger partial charge in [-0.3, -0.25) is 4.79 Å². The number of benzene rings is 1. The number of hydrogen-bond donors (Lipinski definition) is 1. The molecule has 1 amide bonds. The van der Waals surface area contributed by atoms with Gasteiger partial charge >= 0.3 is 0 Å². The van der Waals surface area contributed by atoms with Crippen molar-refractivity contribution in [3.8, 4) is 0 Å². The average molecular weight is 256 g/mol. The highest BCUT2D eigenvalue weighted by atomic mass is 35.5. The Labute approximate surface area is 107 Å². The third kappa shape index (κ3) is 5.20. The summed E-state index contributed by atoms with van der Waals surface area (Å²) < 4.78 is 5.17. The quantitative estimate of drug-likeness (QED) is 0.601. The second-order valence-electron chi connectivity index (χ2n) is 3.74. The Morgan fingerprint density at radius 3 is 2.71 bits per heavy atom. The van der Waals surface area contributed by atoms with Crippen LogP contribution in [0.2, 0.25) is 0 Å². The molecule has 0 bridgehead atoms. The Hall–Kier alpha value is -1.06. The summed E-state index contributed by atoms with van der Waals surface area (Å²) >= 11 is 5.85. The minimum absolute atomic E-state index is 0.0913. The Balaban J connectivity index is 2.44. The first kappa shape index (κ1) is 14.0. The SMILES string of the molecule is CCCOCC(=O)NC(CCl)c1ccccc1. The molecular weight excluding hydrogens is 238 g/mol. The summed E-state index contributed by atoms with van der Waals surface area (Å²) in [5.74, 6) is 0.219. The molecule has 0 spiro atoms. The molecule has 0 fully saturated rings. The maximum Gasteiger partial charge on any atom is 0.246 e. The minimum atomic E-state index is -0.157. The van der Waals surface area contributed by atoms with Gasteiger partial charge in [0.1, 0.15) is 6.61 Å². The highest BCUT2D eigenvalue weighted by Gasteiger charge is 2.12. The van der Waals surface area contributed by atoms with Crippen LogP contribution in [0.25, 0.3) is 0 Å². The number of amides is 1. The van der Waals surface area contributed by atoms with Crippen molar-refractivity contribution < 1.29 is 9.53 Å². The van der Waals surface area contributed by atoms with E-state index in [-0.39, 0.29) is 18.6 Å². The Bertz CT molecular complexity index is 329. The van der Waals surface area contributed by atoms with E-state index < -0.39 is 0 Å². The van der Waals surface area contributed by atoms with Crippen LogP contribution in [0.1, 0.15) is 24.9 Å². The van der Waals surface area contributed by atoms with Crippen LogP contribution in [-0.2, 0) is 9.53 Å². The molecule has 0 aliphatic rings. The summed E-state index contributed by atoms with van der Waals surface area (Å²) in [5, 5.41) is 2.85. The lowest BCUT2D eigenvalue weighted by atomic mass is 10.1. The van der Waals surface area contributed by atoms with Gasteiger partial charge < -0.3 is 10.1 Å². The summed E-state index contributed by atoms with van der Waals surface area (Å²) in [4.78, 5) is 11.6. The molecule has 0 heterocycles. The summed E-state index contributed by atoms with van der Waals surface area (Å²) in [6.45, 7) is 2.70. The summed E-state index contributed by atoms with van der Waals surface area (Å²) in [5.41, 5.74) is 1.01. The zero-order valence-electron chi connectivity index (χ0n) is 9.99. The van der Waals surface area contributed by atoms with E-state index in [1.165, 1.54) is 0 Å². The van der Waals surface area contributed by atoms with Gasteiger partial charge in [0.05, 0.1) is 6.04 Å². The summed E-state index contributed by atoms with van der Waals surface area (Å²) in [6, 6.07) is 9.51. The molecule has 1 atom stereocenters. The van der Waals surface area contributed by atoms with Crippen molar-refractivity contribution in [3.05, 3.63) is 35.9 Å². The van der Waals surface area contributed by atoms with Crippen LogP contribution in [0.15, 0.2) is 30.3 Å². The van der Waals surface area contributed by atoms with E-state index in [0.717, 1.165) is 12.0 Å². The molecule has 1 unspecified atom stereocenters. The molecule has 17 heavy (non-hydrogen) atoms. The van der Waals surface area contributed by atoms with Crippen molar-refractivity contribution in [2.45, 2.75) is 19.4 Å². The van der Waals surface area contributed by atoms with E-state index in [2.05, 4.69) is 5.32 Å². The lowest BCUT2D eigenvalue weighted by Crippen LogP contribution is -2.32. The molecule has 0 aliphatic heterocycles.